The van der Waals surface area contributed by atoms with Crippen LogP contribution in [0, 0.1) is 68.2 Å². The van der Waals surface area contributed by atoms with Gasteiger partial charge in [-0.05, 0) is 152 Å². The quantitative estimate of drug-likeness (QED) is 0.160. The Morgan fingerprint density at radius 1 is 0.712 bits per heavy atom. The van der Waals surface area contributed by atoms with E-state index in [1.807, 2.05) is 0 Å². The first-order chi connectivity index (χ1) is 24.3. The van der Waals surface area contributed by atoms with E-state index in [2.05, 4.69) is 15.9 Å². The van der Waals surface area contributed by atoms with Crippen molar-refractivity contribution in [3.63, 3.8) is 0 Å². The number of halogens is 1. The lowest BCUT2D eigenvalue weighted by Crippen LogP contribution is -2.28. The number of ketones is 1. The lowest BCUT2D eigenvalue weighted by molar-refractivity contribution is -0.137. The lowest BCUT2D eigenvalue weighted by atomic mass is 9.89. The number of aromatic carboxylic acids is 1. The molecule has 0 heterocycles. The topological polar surface area (TPSA) is 163 Å². The molecule has 0 fully saturated rings. The number of allylic oxidation sites excluding steroid dienone is 2. The van der Waals surface area contributed by atoms with Crippen LogP contribution in [-0.4, -0.2) is 47.0 Å². The summed E-state index contributed by atoms with van der Waals surface area (Å²) in [6, 6.07) is 1.53. The zero-order valence-electron chi connectivity index (χ0n) is 31.0. The van der Waals surface area contributed by atoms with Gasteiger partial charge in [-0.2, -0.15) is 0 Å². The molecule has 1 aliphatic carbocycles. The van der Waals surface area contributed by atoms with Gasteiger partial charge in [-0.3, -0.25) is 9.59 Å². The Morgan fingerprint density at radius 2 is 1.23 bits per heavy atom. The van der Waals surface area contributed by atoms with Crippen LogP contribution < -0.4 is 14.2 Å². The van der Waals surface area contributed by atoms with E-state index in [1.54, 1.807) is 69.2 Å². The molecule has 2 N–H and O–H groups in total. The molecular formula is C40H41BrO11. The molecule has 3 aromatic rings. The number of aromatic hydroxyl groups is 1. The van der Waals surface area contributed by atoms with Crippen molar-refractivity contribution in [1.82, 2.24) is 0 Å². The Bertz CT molecular complexity index is 2070. The third-order valence-corrected chi connectivity index (χ3v) is 10.6. The number of ether oxygens (including phenoxy) is 4. The maximum Gasteiger partial charge on any atom is 0.347 e. The van der Waals surface area contributed by atoms with Crippen LogP contribution in [0.3, 0.4) is 0 Å². The molecule has 0 saturated carbocycles. The summed E-state index contributed by atoms with van der Waals surface area (Å²) in [5.41, 5.74) is 4.92. The Hall–Kier alpha value is -5.23. The van der Waals surface area contributed by atoms with Crippen LogP contribution in [-0.2, 0) is 14.3 Å². The van der Waals surface area contributed by atoms with Crippen molar-refractivity contribution in [2.45, 2.75) is 75.7 Å². The average Bonchev–Trinajstić information content (AvgIpc) is 3.08. The van der Waals surface area contributed by atoms with E-state index in [0.717, 1.165) is 0 Å². The molecule has 0 amide bonds. The van der Waals surface area contributed by atoms with Gasteiger partial charge in [-0.1, -0.05) is 6.92 Å². The van der Waals surface area contributed by atoms with E-state index in [0.29, 0.717) is 56.5 Å². The van der Waals surface area contributed by atoms with Crippen LogP contribution in [0.4, 0.5) is 0 Å². The number of carboxylic acid groups (broad SMARTS) is 1. The van der Waals surface area contributed by atoms with Gasteiger partial charge in [0.1, 0.15) is 39.0 Å². The van der Waals surface area contributed by atoms with Gasteiger partial charge in [-0.15, -0.1) is 0 Å². The molecule has 274 valence electrons. The number of carbonyl (C=O) groups is 5. The van der Waals surface area contributed by atoms with Crippen LogP contribution in [0.1, 0.15) is 94.5 Å². The fraction of sp³-hybridized carbons (Fsp3) is 0.325. The molecule has 1 aliphatic rings. The third kappa shape index (κ3) is 6.99. The number of phenols is 1. The second kappa shape index (κ2) is 15.2. The maximum atomic E-state index is 13.7. The number of carbonyl (C=O) groups excluding carboxylic acids is 4. The molecule has 0 aliphatic heterocycles. The number of hydrogen-bond donors (Lipinski definition) is 2. The summed E-state index contributed by atoms with van der Waals surface area (Å²) < 4.78 is 22.7. The van der Waals surface area contributed by atoms with Crippen molar-refractivity contribution in [2.75, 3.05) is 7.11 Å². The zero-order valence-corrected chi connectivity index (χ0v) is 32.5. The molecule has 3 aromatic carbocycles. The zero-order chi connectivity index (χ0) is 39.1. The standard InChI is InChI=1S/C40H41BrO11/c1-12-25-14-26(42)15-28(49-11)32(25)40(48)52-36-24(10)21(7)31(34(43)33(36)41)39(47)50-27-13-16(2)29(18(4)17(27)3)38(46)51-35-22(8)19(5)30(37(44)45)20(6)23(35)9/h13-15,32,43H,12H2,1-11H3,(H,44,45). The second-order valence-electron chi connectivity index (χ2n) is 12.8. The molecule has 12 heteroatoms. The molecule has 0 aromatic heterocycles. The fourth-order valence-electron chi connectivity index (χ4n) is 6.42. The minimum Gasteiger partial charge on any atom is -0.506 e. The van der Waals surface area contributed by atoms with Crippen LogP contribution >= 0.6 is 15.9 Å². The van der Waals surface area contributed by atoms with E-state index >= 15 is 0 Å². The van der Waals surface area contributed by atoms with Gasteiger partial charge in [0, 0.05) is 6.08 Å². The smallest absolute Gasteiger partial charge is 0.347 e. The minimum atomic E-state index is -1.06. The highest BCUT2D eigenvalue weighted by Crippen LogP contribution is 2.44. The van der Waals surface area contributed by atoms with Crippen molar-refractivity contribution in [3.05, 3.63) is 101 Å². The first-order valence-electron chi connectivity index (χ1n) is 16.4. The highest BCUT2D eigenvalue weighted by Gasteiger charge is 2.35. The van der Waals surface area contributed by atoms with Crippen molar-refractivity contribution in [3.8, 4) is 23.0 Å². The number of methoxy groups -OCH3 is 1. The number of carboxylic acids is 1. The number of hydrogen-bond acceptors (Lipinski definition) is 10. The molecule has 11 nitrogen and oxygen atoms in total. The van der Waals surface area contributed by atoms with Gasteiger partial charge in [0.2, 0.25) is 0 Å². The van der Waals surface area contributed by atoms with Crippen molar-refractivity contribution >= 4 is 45.6 Å². The summed E-state index contributed by atoms with van der Waals surface area (Å²) in [5.74, 6) is -4.59. The Labute approximate surface area is 310 Å². The molecule has 52 heavy (non-hydrogen) atoms. The highest BCUT2D eigenvalue weighted by molar-refractivity contribution is 9.10. The minimum absolute atomic E-state index is 0.0152. The molecule has 0 spiro atoms. The van der Waals surface area contributed by atoms with Crippen LogP contribution in [0.5, 0.6) is 23.0 Å². The van der Waals surface area contributed by atoms with Crippen molar-refractivity contribution < 1.29 is 53.1 Å². The molecular weight excluding hydrogens is 736 g/mol. The summed E-state index contributed by atoms with van der Waals surface area (Å²) in [4.78, 5) is 64.7. The molecule has 1 unspecified atom stereocenters. The van der Waals surface area contributed by atoms with Gasteiger partial charge >= 0.3 is 23.9 Å². The lowest BCUT2D eigenvalue weighted by Gasteiger charge is -2.24. The Kier molecular flexibility index (Phi) is 11.5. The molecule has 4 rings (SSSR count). The summed E-state index contributed by atoms with van der Waals surface area (Å²) in [7, 11) is 1.35. The van der Waals surface area contributed by atoms with Gasteiger partial charge < -0.3 is 29.2 Å². The summed E-state index contributed by atoms with van der Waals surface area (Å²) in [6.07, 6.45) is 2.98. The normalized spacial score (nSPS) is 14.0. The van der Waals surface area contributed by atoms with Crippen LogP contribution in [0.2, 0.25) is 0 Å². The van der Waals surface area contributed by atoms with Crippen molar-refractivity contribution in [1.29, 1.82) is 0 Å². The predicted molar refractivity (Wildman–Crippen MR) is 196 cm³/mol. The van der Waals surface area contributed by atoms with E-state index in [1.165, 1.54) is 25.3 Å². The van der Waals surface area contributed by atoms with Crippen LogP contribution in [0.25, 0.3) is 0 Å². The average molecular weight is 778 g/mol. The molecule has 0 saturated heterocycles. The van der Waals surface area contributed by atoms with Crippen molar-refractivity contribution in [2.24, 2.45) is 5.92 Å². The number of rotatable bonds is 9. The third-order valence-electron chi connectivity index (χ3n) is 9.90. The van der Waals surface area contributed by atoms with E-state index < -0.39 is 35.5 Å². The molecule has 0 radical (unpaired) electrons. The van der Waals surface area contributed by atoms with E-state index in [9.17, 15) is 34.2 Å². The van der Waals surface area contributed by atoms with Gasteiger partial charge in [0.15, 0.2) is 11.5 Å². The van der Waals surface area contributed by atoms with E-state index in [4.69, 9.17) is 18.9 Å². The second-order valence-corrected chi connectivity index (χ2v) is 13.6. The van der Waals surface area contributed by atoms with Gasteiger partial charge in [0.25, 0.3) is 0 Å². The Balaban J connectivity index is 1.65. The SMILES string of the molecule is CCC1=CC(=O)C=C(OC)C1C(=O)Oc1c(C)c(C)c(C(=O)Oc2cc(C)c(C(=O)Oc3c(C)c(C)c(C(=O)O)c(C)c3C)c(C)c2C)c(O)c1Br. The molecule has 0 bridgehead atoms. The maximum absolute atomic E-state index is 13.7. The summed E-state index contributed by atoms with van der Waals surface area (Å²) in [5, 5.41) is 20.9. The van der Waals surface area contributed by atoms with Gasteiger partial charge in [-0.25, -0.2) is 14.4 Å². The first kappa shape index (κ1) is 39.6. The van der Waals surface area contributed by atoms with Crippen LogP contribution in [0.15, 0.2) is 34.0 Å². The predicted octanol–water partition coefficient (Wildman–Crippen LogP) is 8.04. The number of phenolic OH excluding ortho intramolecular Hbond substituents is 1. The van der Waals surface area contributed by atoms with E-state index in [-0.39, 0.29) is 55.5 Å². The summed E-state index contributed by atoms with van der Waals surface area (Å²) in [6.45, 7) is 16.8. The fourth-order valence-corrected chi connectivity index (χ4v) is 7.00. The number of aryl methyl sites for hydroxylation is 1. The Morgan fingerprint density at radius 3 is 1.77 bits per heavy atom. The van der Waals surface area contributed by atoms with Gasteiger partial charge in [0.05, 0.1) is 18.2 Å². The highest BCUT2D eigenvalue weighted by atomic mass is 79.9. The number of esters is 3. The number of benzene rings is 3. The largest absolute Gasteiger partial charge is 0.506 e. The first-order valence-corrected chi connectivity index (χ1v) is 17.2. The molecule has 1 atom stereocenters. The summed E-state index contributed by atoms with van der Waals surface area (Å²) >= 11 is 3.29. The monoisotopic (exact) mass is 776 g/mol.